The van der Waals surface area contributed by atoms with E-state index in [0.717, 1.165) is 51.4 Å². The number of aliphatic hydroxyl groups is 3. The van der Waals surface area contributed by atoms with Crippen molar-refractivity contribution in [3.63, 3.8) is 0 Å². The zero-order valence-corrected chi connectivity index (χ0v) is 25.8. The van der Waals surface area contributed by atoms with Gasteiger partial charge in [-0.2, -0.15) is 0 Å². The van der Waals surface area contributed by atoms with Crippen LogP contribution in [0.4, 0.5) is 0 Å². The molecule has 0 aliphatic carbocycles. The standard InChI is InChI=1S/C34H65NO4/c1-3-5-7-9-11-13-15-16-17-18-19-21-23-25-27-29-33(38)35-31(30-36)34(39)32(37)28-26-24-22-20-14-12-10-8-6-4-2/h8,10,20,22,31-32,34,36-37,39H,3-7,9,11-19,21,23-30H2,1-2H3,(H,35,38)/b10-8+,22-20+. The number of aliphatic hydroxyl groups excluding tert-OH is 3. The van der Waals surface area contributed by atoms with Crippen molar-refractivity contribution in [2.45, 2.75) is 180 Å². The minimum absolute atomic E-state index is 0.161. The Morgan fingerprint density at radius 3 is 1.56 bits per heavy atom. The highest BCUT2D eigenvalue weighted by Crippen LogP contribution is 2.14. The van der Waals surface area contributed by atoms with E-state index in [4.69, 9.17) is 0 Å². The molecular formula is C34H65NO4. The molecule has 230 valence electrons. The van der Waals surface area contributed by atoms with Gasteiger partial charge in [0.25, 0.3) is 0 Å². The van der Waals surface area contributed by atoms with Crippen molar-refractivity contribution in [1.82, 2.24) is 5.32 Å². The van der Waals surface area contributed by atoms with Gasteiger partial charge in [0, 0.05) is 6.42 Å². The molecule has 0 saturated heterocycles. The molecule has 0 rings (SSSR count). The molecule has 5 nitrogen and oxygen atoms in total. The predicted octanol–water partition coefficient (Wildman–Crippen LogP) is 8.31. The summed E-state index contributed by atoms with van der Waals surface area (Å²) < 4.78 is 0. The summed E-state index contributed by atoms with van der Waals surface area (Å²) >= 11 is 0. The van der Waals surface area contributed by atoms with E-state index in [0.29, 0.717) is 12.8 Å². The highest BCUT2D eigenvalue weighted by atomic mass is 16.3. The third-order valence-electron chi connectivity index (χ3n) is 7.52. The average molecular weight is 552 g/mol. The van der Waals surface area contributed by atoms with E-state index < -0.39 is 18.2 Å². The molecule has 0 spiro atoms. The topological polar surface area (TPSA) is 89.8 Å². The van der Waals surface area contributed by atoms with E-state index >= 15 is 0 Å². The fraction of sp³-hybridized carbons (Fsp3) is 0.853. The third kappa shape index (κ3) is 25.5. The summed E-state index contributed by atoms with van der Waals surface area (Å²) in [6.45, 7) is 4.06. The molecule has 0 aromatic rings. The van der Waals surface area contributed by atoms with Gasteiger partial charge < -0.3 is 20.6 Å². The molecule has 0 aromatic heterocycles. The average Bonchev–Trinajstić information content (AvgIpc) is 2.94. The molecule has 0 saturated carbocycles. The minimum atomic E-state index is -1.16. The molecular weight excluding hydrogens is 486 g/mol. The SMILES string of the molecule is CCC/C=C/CC/C=C/CCCC(O)C(O)C(CO)NC(=O)CCCCCCCCCCCCCCCCC. The summed E-state index contributed by atoms with van der Waals surface area (Å²) in [7, 11) is 0. The summed E-state index contributed by atoms with van der Waals surface area (Å²) in [5.41, 5.74) is 0. The van der Waals surface area contributed by atoms with Crippen LogP contribution in [0.1, 0.15) is 162 Å². The fourth-order valence-electron chi connectivity index (χ4n) is 4.89. The second-order valence-electron chi connectivity index (χ2n) is 11.4. The number of hydrogen-bond donors (Lipinski definition) is 4. The molecule has 3 unspecified atom stereocenters. The van der Waals surface area contributed by atoms with Gasteiger partial charge in [-0.15, -0.1) is 0 Å². The Hall–Kier alpha value is -1.17. The molecule has 0 aliphatic heterocycles. The van der Waals surface area contributed by atoms with Gasteiger partial charge in [0.2, 0.25) is 5.91 Å². The summed E-state index contributed by atoms with van der Waals surface area (Å²) in [5, 5.41) is 33.1. The smallest absolute Gasteiger partial charge is 0.220 e. The Morgan fingerprint density at radius 2 is 1.08 bits per heavy atom. The van der Waals surface area contributed by atoms with Crippen LogP contribution in [0.5, 0.6) is 0 Å². The van der Waals surface area contributed by atoms with Crippen LogP contribution in [-0.4, -0.2) is 46.1 Å². The Morgan fingerprint density at radius 1 is 0.615 bits per heavy atom. The minimum Gasteiger partial charge on any atom is -0.394 e. The Kier molecular flexibility index (Phi) is 28.9. The highest BCUT2D eigenvalue weighted by Gasteiger charge is 2.26. The largest absolute Gasteiger partial charge is 0.394 e. The van der Waals surface area contributed by atoms with E-state index in [1.807, 2.05) is 0 Å². The maximum Gasteiger partial charge on any atom is 0.220 e. The normalized spacial score (nSPS) is 14.3. The first-order valence-electron chi connectivity index (χ1n) is 16.6. The molecule has 3 atom stereocenters. The Labute approximate surface area is 241 Å². The van der Waals surface area contributed by atoms with Crippen molar-refractivity contribution >= 4 is 5.91 Å². The molecule has 0 fully saturated rings. The van der Waals surface area contributed by atoms with Crippen LogP contribution in [0.25, 0.3) is 0 Å². The lowest BCUT2D eigenvalue weighted by molar-refractivity contribution is -0.124. The lowest BCUT2D eigenvalue weighted by Crippen LogP contribution is -2.50. The van der Waals surface area contributed by atoms with Crippen molar-refractivity contribution < 1.29 is 20.1 Å². The molecule has 0 radical (unpaired) electrons. The predicted molar refractivity (Wildman–Crippen MR) is 167 cm³/mol. The fourth-order valence-corrected chi connectivity index (χ4v) is 4.89. The molecule has 0 aromatic carbocycles. The second kappa shape index (κ2) is 29.8. The first-order valence-corrected chi connectivity index (χ1v) is 16.6. The molecule has 0 bridgehead atoms. The Bertz CT molecular complexity index is 578. The number of nitrogens with one attached hydrogen (secondary N) is 1. The molecule has 5 heteroatoms. The van der Waals surface area contributed by atoms with Crippen LogP contribution < -0.4 is 5.32 Å². The molecule has 0 heterocycles. The van der Waals surface area contributed by atoms with E-state index in [-0.39, 0.29) is 12.5 Å². The molecule has 0 aliphatic rings. The number of carbonyl (C=O) groups is 1. The highest BCUT2D eigenvalue weighted by molar-refractivity contribution is 5.76. The Balaban J connectivity index is 3.75. The molecule has 1 amide bonds. The van der Waals surface area contributed by atoms with Crippen LogP contribution in [-0.2, 0) is 4.79 Å². The monoisotopic (exact) mass is 551 g/mol. The van der Waals surface area contributed by atoms with E-state index in [1.54, 1.807) is 0 Å². The van der Waals surface area contributed by atoms with Gasteiger partial charge in [-0.1, -0.05) is 134 Å². The zero-order chi connectivity index (χ0) is 28.8. The van der Waals surface area contributed by atoms with Gasteiger partial charge in [0.05, 0.1) is 18.8 Å². The lowest BCUT2D eigenvalue weighted by atomic mass is 10.0. The number of unbranched alkanes of at least 4 members (excludes halogenated alkanes) is 17. The van der Waals surface area contributed by atoms with Crippen LogP contribution in [0.2, 0.25) is 0 Å². The summed E-state index contributed by atoms with van der Waals surface area (Å²) in [6, 6.07) is -0.825. The van der Waals surface area contributed by atoms with Crippen LogP contribution >= 0.6 is 0 Å². The summed E-state index contributed by atoms with van der Waals surface area (Å²) in [6.07, 6.45) is 32.7. The van der Waals surface area contributed by atoms with E-state index in [1.165, 1.54) is 83.5 Å². The zero-order valence-electron chi connectivity index (χ0n) is 25.8. The second-order valence-corrected chi connectivity index (χ2v) is 11.4. The lowest BCUT2D eigenvalue weighted by Gasteiger charge is -2.26. The van der Waals surface area contributed by atoms with Crippen molar-refractivity contribution in [2.24, 2.45) is 0 Å². The first kappa shape index (κ1) is 37.8. The van der Waals surface area contributed by atoms with Gasteiger partial charge >= 0.3 is 0 Å². The van der Waals surface area contributed by atoms with E-state index in [2.05, 4.69) is 43.5 Å². The van der Waals surface area contributed by atoms with Gasteiger partial charge in [0.15, 0.2) is 0 Å². The van der Waals surface area contributed by atoms with Gasteiger partial charge in [0.1, 0.15) is 6.10 Å². The summed E-state index contributed by atoms with van der Waals surface area (Å²) in [5.74, 6) is -0.161. The third-order valence-corrected chi connectivity index (χ3v) is 7.52. The van der Waals surface area contributed by atoms with Gasteiger partial charge in [-0.05, 0) is 44.9 Å². The molecule has 39 heavy (non-hydrogen) atoms. The molecule has 4 N–H and O–H groups in total. The van der Waals surface area contributed by atoms with Crippen LogP contribution in [0.15, 0.2) is 24.3 Å². The van der Waals surface area contributed by atoms with Crippen LogP contribution in [0, 0.1) is 0 Å². The van der Waals surface area contributed by atoms with Crippen molar-refractivity contribution in [3.8, 4) is 0 Å². The van der Waals surface area contributed by atoms with Gasteiger partial charge in [-0.25, -0.2) is 0 Å². The number of carbonyl (C=O) groups excluding carboxylic acids is 1. The number of rotatable bonds is 29. The summed E-state index contributed by atoms with van der Waals surface area (Å²) in [4.78, 5) is 12.3. The van der Waals surface area contributed by atoms with Crippen molar-refractivity contribution in [2.75, 3.05) is 6.61 Å². The number of hydrogen-bond acceptors (Lipinski definition) is 4. The van der Waals surface area contributed by atoms with Gasteiger partial charge in [-0.3, -0.25) is 4.79 Å². The number of allylic oxidation sites excluding steroid dienone is 4. The first-order chi connectivity index (χ1) is 19.1. The quantitative estimate of drug-likeness (QED) is 0.0556. The van der Waals surface area contributed by atoms with Crippen molar-refractivity contribution in [3.05, 3.63) is 24.3 Å². The van der Waals surface area contributed by atoms with E-state index in [9.17, 15) is 20.1 Å². The maximum atomic E-state index is 12.3. The number of amides is 1. The van der Waals surface area contributed by atoms with Crippen molar-refractivity contribution in [1.29, 1.82) is 0 Å². The van der Waals surface area contributed by atoms with Crippen LogP contribution in [0.3, 0.4) is 0 Å². The maximum absolute atomic E-state index is 12.3.